The fraction of sp³-hybridized carbons (Fsp3) is 0.107. The van der Waals surface area contributed by atoms with Gasteiger partial charge in [-0.25, -0.2) is 13.9 Å². The van der Waals surface area contributed by atoms with Crippen LogP contribution in [0.4, 0.5) is 17.6 Å². The Hall–Kier alpha value is -4.84. The first-order valence-electron chi connectivity index (χ1n) is 12.1. The number of alkyl halides is 3. The van der Waals surface area contributed by atoms with Gasteiger partial charge in [0.05, 0.1) is 22.9 Å². The molecule has 0 fully saturated rings. The molecule has 41 heavy (non-hydrogen) atoms. The number of carbonyl (C=O) groups is 1. The number of benzene rings is 3. The summed E-state index contributed by atoms with van der Waals surface area (Å²) in [6, 6.07) is 15.5. The summed E-state index contributed by atoms with van der Waals surface area (Å²) in [5, 5.41) is 18.0. The van der Waals surface area contributed by atoms with Crippen LogP contribution in [0.2, 0.25) is 5.02 Å². The molecule has 0 bridgehead atoms. The second-order valence-electron chi connectivity index (χ2n) is 9.06. The summed E-state index contributed by atoms with van der Waals surface area (Å²) in [6.07, 6.45) is -4.52. The van der Waals surface area contributed by atoms with Gasteiger partial charge in [0, 0.05) is 10.6 Å². The Morgan fingerprint density at radius 1 is 1.02 bits per heavy atom. The van der Waals surface area contributed by atoms with Crippen molar-refractivity contribution >= 4 is 17.5 Å². The minimum absolute atomic E-state index is 0.0362. The molecule has 2 heterocycles. The zero-order valence-electron chi connectivity index (χ0n) is 21.1. The molecule has 13 heteroatoms. The molecule has 0 unspecified atom stereocenters. The molecule has 1 amide bonds. The quantitative estimate of drug-likeness (QED) is 0.177. The van der Waals surface area contributed by atoms with E-state index in [2.05, 4.69) is 20.4 Å². The Morgan fingerprint density at radius 2 is 1.68 bits per heavy atom. The highest BCUT2D eigenvalue weighted by Crippen LogP contribution is 2.39. The first kappa shape index (κ1) is 27.7. The molecule has 4 N–H and O–H groups in total. The van der Waals surface area contributed by atoms with Gasteiger partial charge in [-0.2, -0.15) is 18.3 Å². The molecular formula is C28H20ClF4N5O3. The van der Waals surface area contributed by atoms with Crippen molar-refractivity contribution in [2.75, 3.05) is 0 Å². The largest absolute Gasteiger partial charge is 0.493 e. The summed E-state index contributed by atoms with van der Waals surface area (Å²) in [5.74, 6) is -2.07. The Bertz CT molecular complexity index is 1790. The van der Waals surface area contributed by atoms with Crippen molar-refractivity contribution in [3.05, 3.63) is 111 Å². The number of amides is 1. The zero-order chi connectivity index (χ0) is 29.5. The van der Waals surface area contributed by atoms with Crippen molar-refractivity contribution in [3.8, 4) is 34.1 Å². The van der Waals surface area contributed by atoms with Gasteiger partial charge in [0.1, 0.15) is 17.2 Å². The van der Waals surface area contributed by atoms with Gasteiger partial charge < -0.3 is 15.4 Å². The average molecular weight is 586 g/mol. The lowest BCUT2D eigenvalue weighted by Crippen LogP contribution is -2.27. The van der Waals surface area contributed by atoms with E-state index in [4.69, 9.17) is 11.6 Å². The molecule has 0 spiro atoms. The SMILES string of the molecule is C[C@@H](NC(=O)c1nn(-c2ccccc2F)c(-c2ccc(Cl)cc2)c1-c1[nH]c(=O)[nH]c1O)c1ccc(C(F)(F)F)cc1. The number of halogens is 5. The van der Waals surface area contributed by atoms with E-state index in [1.807, 2.05) is 0 Å². The molecule has 0 saturated heterocycles. The molecule has 0 aliphatic rings. The summed E-state index contributed by atoms with van der Waals surface area (Å²) in [5.41, 5.74) is -1.25. The van der Waals surface area contributed by atoms with Gasteiger partial charge in [0.15, 0.2) is 5.69 Å². The van der Waals surface area contributed by atoms with E-state index in [-0.39, 0.29) is 28.3 Å². The smallest absolute Gasteiger partial charge is 0.416 e. The second-order valence-corrected chi connectivity index (χ2v) is 9.50. The van der Waals surface area contributed by atoms with Crippen LogP contribution in [-0.2, 0) is 6.18 Å². The van der Waals surface area contributed by atoms with Crippen molar-refractivity contribution in [2.45, 2.75) is 19.1 Å². The average Bonchev–Trinajstić information content (AvgIpc) is 3.48. The molecule has 0 aliphatic carbocycles. The molecule has 2 aromatic heterocycles. The number of nitrogens with one attached hydrogen (secondary N) is 3. The van der Waals surface area contributed by atoms with E-state index in [0.717, 1.165) is 16.8 Å². The molecule has 0 aliphatic heterocycles. The number of aromatic nitrogens is 4. The fourth-order valence-electron chi connectivity index (χ4n) is 4.35. The normalized spacial score (nSPS) is 12.3. The number of nitrogens with zero attached hydrogens (tertiary/aromatic N) is 2. The number of carbonyl (C=O) groups excluding carboxylic acids is 1. The lowest BCUT2D eigenvalue weighted by Gasteiger charge is -2.15. The third-order valence-electron chi connectivity index (χ3n) is 6.34. The Labute approximate surface area is 234 Å². The number of imidazole rings is 1. The van der Waals surface area contributed by atoms with Crippen molar-refractivity contribution in [2.24, 2.45) is 0 Å². The van der Waals surface area contributed by atoms with E-state index in [1.54, 1.807) is 37.3 Å². The molecule has 1 atom stereocenters. The van der Waals surface area contributed by atoms with Crippen LogP contribution in [0.3, 0.4) is 0 Å². The molecule has 210 valence electrons. The first-order chi connectivity index (χ1) is 19.4. The first-order valence-corrected chi connectivity index (χ1v) is 12.5. The van der Waals surface area contributed by atoms with Crippen LogP contribution in [0.15, 0.2) is 77.6 Å². The molecule has 0 radical (unpaired) electrons. The summed E-state index contributed by atoms with van der Waals surface area (Å²) < 4.78 is 55.2. The van der Waals surface area contributed by atoms with Gasteiger partial charge in [-0.1, -0.05) is 48.0 Å². The Morgan fingerprint density at radius 3 is 2.27 bits per heavy atom. The van der Waals surface area contributed by atoms with Gasteiger partial charge in [-0.05, 0) is 48.9 Å². The van der Waals surface area contributed by atoms with Crippen LogP contribution in [0.25, 0.3) is 28.2 Å². The second kappa shape index (κ2) is 10.6. The van der Waals surface area contributed by atoms with E-state index in [0.29, 0.717) is 16.1 Å². The van der Waals surface area contributed by atoms with Crippen LogP contribution in [-0.4, -0.2) is 30.8 Å². The van der Waals surface area contributed by atoms with Crippen LogP contribution in [0, 0.1) is 5.82 Å². The maximum absolute atomic E-state index is 15.0. The van der Waals surface area contributed by atoms with Gasteiger partial charge in [0.2, 0.25) is 5.88 Å². The van der Waals surface area contributed by atoms with Crippen molar-refractivity contribution in [3.63, 3.8) is 0 Å². The molecule has 5 rings (SSSR count). The topological polar surface area (TPSA) is 116 Å². The third-order valence-corrected chi connectivity index (χ3v) is 6.59. The highest BCUT2D eigenvalue weighted by Gasteiger charge is 2.32. The molecule has 3 aromatic carbocycles. The number of para-hydroxylation sites is 1. The van der Waals surface area contributed by atoms with Crippen molar-refractivity contribution in [1.29, 1.82) is 0 Å². The number of aromatic amines is 2. The fourth-order valence-corrected chi connectivity index (χ4v) is 4.48. The molecular weight excluding hydrogens is 566 g/mol. The van der Waals surface area contributed by atoms with Crippen LogP contribution in [0.5, 0.6) is 5.88 Å². The van der Waals surface area contributed by atoms with Crippen LogP contribution < -0.4 is 11.0 Å². The van der Waals surface area contributed by atoms with Crippen molar-refractivity contribution < 1.29 is 27.5 Å². The minimum Gasteiger partial charge on any atom is -0.493 e. The van der Waals surface area contributed by atoms with Crippen LogP contribution in [0.1, 0.15) is 34.6 Å². The summed E-state index contributed by atoms with van der Waals surface area (Å²) in [7, 11) is 0. The summed E-state index contributed by atoms with van der Waals surface area (Å²) >= 11 is 6.07. The predicted molar refractivity (Wildman–Crippen MR) is 143 cm³/mol. The van der Waals surface area contributed by atoms with E-state index in [9.17, 15) is 27.9 Å². The van der Waals surface area contributed by atoms with Gasteiger partial charge in [0.25, 0.3) is 5.91 Å². The highest BCUT2D eigenvalue weighted by molar-refractivity contribution is 6.30. The predicted octanol–water partition coefficient (Wildman–Crippen LogP) is 6.23. The standard InChI is InChI=1S/C28H20ClF4N5O3/c1-14(15-6-10-17(11-7-15)28(31,32)33)34-26(40)23-21(22-25(39)36-27(41)35-22)24(16-8-12-18(29)13-9-16)38(37-23)20-5-3-2-4-19(20)30/h2-14,39H,1H3,(H,34,40)(H2,35,36,41)/t14-/m1/s1. The Kier molecular flexibility index (Phi) is 7.18. The van der Waals surface area contributed by atoms with Gasteiger partial charge in [-0.3, -0.25) is 9.78 Å². The highest BCUT2D eigenvalue weighted by atomic mass is 35.5. The van der Waals surface area contributed by atoms with Crippen molar-refractivity contribution in [1.82, 2.24) is 25.1 Å². The van der Waals surface area contributed by atoms with E-state index in [1.165, 1.54) is 30.3 Å². The minimum atomic E-state index is -4.52. The lowest BCUT2D eigenvalue weighted by atomic mass is 10.0. The number of H-pyrrole nitrogens is 2. The van der Waals surface area contributed by atoms with Crippen LogP contribution >= 0.6 is 11.6 Å². The van der Waals surface area contributed by atoms with E-state index < -0.39 is 41.1 Å². The monoisotopic (exact) mass is 585 g/mol. The van der Waals surface area contributed by atoms with E-state index >= 15 is 4.39 Å². The maximum Gasteiger partial charge on any atom is 0.416 e. The molecule has 5 aromatic rings. The molecule has 8 nitrogen and oxygen atoms in total. The Balaban J connectivity index is 1.68. The molecule has 0 saturated carbocycles. The number of hydrogen-bond donors (Lipinski definition) is 4. The number of aromatic hydroxyl groups is 1. The third kappa shape index (κ3) is 5.46. The van der Waals surface area contributed by atoms with Gasteiger partial charge in [-0.15, -0.1) is 0 Å². The number of hydrogen-bond acceptors (Lipinski definition) is 4. The maximum atomic E-state index is 15.0. The van der Waals surface area contributed by atoms with Gasteiger partial charge >= 0.3 is 11.9 Å². The zero-order valence-corrected chi connectivity index (χ0v) is 21.8. The lowest BCUT2D eigenvalue weighted by molar-refractivity contribution is -0.137. The summed E-state index contributed by atoms with van der Waals surface area (Å²) in [6.45, 7) is 1.56. The summed E-state index contributed by atoms with van der Waals surface area (Å²) in [4.78, 5) is 30.4. The number of rotatable bonds is 6.